The number of benzene rings is 2. The van der Waals surface area contributed by atoms with Crippen LogP contribution in [0.3, 0.4) is 0 Å². The van der Waals surface area contributed by atoms with E-state index in [1.54, 1.807) is 4.90 Å². The Hall–Kier alpha value is -3.13. The molecule has 3 aromatic rings. The van der Waals surface area contributed by atoms with Crippen molar-refractivity contribution in [2.75, 3.05) is 17.3 Å². The fourth-order valence-electron chi connectivity index (χ4n) is 3.62. The van der Waals surface area contributed by atoms with Gasteiger partial charge in [0.25, 0.3) is 0 Å². The first-order valence-electron chi connectivity index (χ1n) is 11.3. The van der Waals surface area contributed by atoms with E-state index in [1.807, 2.05) is 62.4 Å². The van der Waals surface area contributed by atoms with Gasteiger partial charge in [-0.25, -0.2) is 0 Å². The van der Waals surface area contributed by atoms with E-state index in [0.717, 1.165) is 41.2 Å². The minimum atomic E-state index is -0.694. The molecule has 0 saturated heterocycles. The summed E-state index contributed by atoms with van der Waals surface area (Å²) in [5, 5.41) is 9.23. The number of aromatic nitrogens is 3. The predicted octanol–water partition coefficient (Wildman–Crippen LogP) is 5.66. The van der Waals surface area contributed by atoms with Gasteiger partial charge >= 0.3 is 0 Å². The van der Waals surface area contributed by atoms with Crippen LogP contribution >= 0.6 is 11.8 Å². The number of rotatable bonds is 8. The molecule has 172 valence electrons. The molecule has 4 rings (SSSR count). The van der Waals surface area contributed by atoms with Gasteiger partial charge in [-0.05, 0) is 42.5 Å². The highest BCUT2D eigenvalue weighted by molar-refractivity contribution is 7.99. The molecule has 0 bridgehead atoms. The van der Waals surface area contributed by atoms with Crippen molar-refractivity contribution in [1.82, 2.24) is 15.2 Å². The first-order chi connectivity index (χ1) is 16.2. The Kier molecular flexibility index (Phi) is 7.44. The molecule has 2 heterocycles. The largest absolute Gasteiger partial charge is 0.494 e. The van der Waals surface area contributed by atoms with Crippen molar-refractivity contribution in [1.29, 1.82) is 0 Å². The number of carbonyl (C=O) groups is 1. The van der Waals surface area contributed by atoms with Crippen LogP contribution in [0.25, 0.3) is 11.3 Å². The fourth-order valence-corrected chi connectivity index (χ4v) is 4.13. The number of hydrogen-bond donors (Lipinski definition) is 0. The highest BCUT2D eigenvalue weighted by atomic mass is 32.2. The highest BCUT2D eigenvalue weighted by Crippen LogP contribution is 2.43. The number of ether oxygens (including phenoxy) is 2. The van der Waals surface area contributed by atoms with Gasteiger partial charge in [0.2, 0.25) is 23.2 Å². The lowest BCUT2D eigenvalue weighted by Crippen LogP contribution is -2.37. The molecule has 0 fully saturated rings. The number of hydrogen-bond acceptors (Lipinski definition) is 7. The lowest BCUT2D eigenvalue weighted by molar-refractivity contribution is -0.120. The fraction of sp³-hybridized carbons (Fsp3) is 0.360. The number of fused-ring (bicyclic) bond motifs is 3. The van der Waals surface area contributed by atoms with Gasteiger partial charge in [-0.3, -0.25) is 9.69 Å². The molecule has 33 heavy (non-hydrogen) atoms. The number of unbranched alkanes of at least 4 members (excludes halogenated alkanes) is 1. The number of amides is 1. The van der Waals surface area contributed by atoms with Gasteiger partial charge in [0.15, 0.2) is 5.69 Å². The van der Waals surface area contributed by atoms with Crippen LogP contribution in [0.4, 0.5) is 5.69 Å². The number of nitrogens with zero attached hydrogens (tertiary/aromatic N) is 4. The van der Waals surface area contributed by atoms with E-state index in [4.69, 9.17) is 9.47 Å². The van der Waals surface area contributed by atoms with Crippen LogP contribution in [-0.2, 0) is 4.79 Å². The first-order valence-corrected chi connectivity index (χ1v) is 12.3. The minimum Gasteiger partial charge on any atom is -0.494 e. The zero-order chi connectivity index (χ0) is 23.2. The first kappa shape index (κ1) is 23.0. The Labute approximate surface area is 198 Å². The average Bonchev–Trinajstić information content (AvgIpc) is 2.99. The summed E-state index contributed by atoms with van der Waals surface area (Å²) in [6, 6.07) is 15.3. The van der Waals surface area contributed by atoms with Crippen molar-refractivity contribution in [2.24, 2.45) is 0 Å². The molecule has 8 heteroatoms. The Balaban J connectivity index is 1.79. The van der Waals surface area contributed by atoms with Gasteiger partial charge in [-0.1, -0.05) is 57.2 Å². The van der Waals surface area contributed by atoms with E-state index in [1.165, 1.54) is 11.8 Å². The lowest BCUT2D eigenvalue weighted by Gasteiger charge is -2.30. The van der Waals surface area contributed by atoms with Gasteiger partial charge in [0, 0.05) is 17.5 Å². The molecule has 7 nitrogen and oxygen atoms in total. The maximum Gasteiger partial charge on any atom is 0.247 e. The molecule has 0 N–H and O–H groups in total. The van der Waals surface area contributed by atoms with Crippen LogP contribution in [0.15, 0.2) is 53.7 Å². The summed E-state index contributed by atoms with van der Waals surface area (Å²) in [6.45, 7) is 6.69. The van der Waals surface area contributed by atoms with E-state index in [-0.39, 0.29) is 5.91 Å². The molecular formula is C25H28N4O3S. The van der Waals surface area contributed by atoms with Gasteiger partial charge in [-0.2, -0.15) is 4.98 Å². The van der Waals surface area contributed by atoms with Gasteiger partial charge in [-0.15, -0.1) is 10.2 Å². The summed E-state index contributed by atoms with van der Waals surface area (Å²) < 4.78 is 12.2. The van der Waals surface area contributed by atoms with Gasteiger partial charge in [0.1, 0.15) is 5.75 Å². The Bertz CT molecular complexity index is 1110. The molecule has 1 amide bonds. The summed E-state index contributed by atoms with van der Waals surface area (Å²) in [7, 11) is 0. The van der Waals surface area contributed by atoms with Crippen molar-refractivity contribution in [3.8, 4) is 22.9 Å². The SMILES string of the molecule is CCCCOc1ccc(C2Oc3nc(SCC)nnc3-c3ccccc3N2C(=O)CC)cc1. The smallest absolute Gasteiger partial charge is 0.247 e. The van der Waals surface area contributed by atoms with Crippen LogP contribution in [0.1, 0.15) is 51.8 Å². The molecule has 1 unspecified atom stereocenters. The van der Waals surface area contributed by atoms with Gasteiger partial charge in [0.05, 0.1) is 12.3 Å². The Morgan fingerprint density at radius 1 is 1.09 bits per heavy atom. The quantitative estimate of drug-likeness (QED) is 0.314. The third kappa shape index (κ3) is 4.95. The minimum absolute atomic E-state index is 0.0559. The summed E-state index contributed by atoms with van der Waals surface area (Å²) in [6.07, 6.45) is 1.72. The number of carbonyl (C=O) groups excluding carboxylic acids is 1. The number of anilines is 1. The van der Waals surface area contributed by atoms with Crippen molar-refractivity contribution in [2.45, 2.75) is 51.4 Å². The molecule has 0 saturated carbocycles. The normalized spacial score (nSPS) is 14.6. The van der Waals surface area contributed by atoms with E-state index in [9.17, 15) is 4.79 Å². The second-order valence-electron chi connectivity index (χ2n) is 7.56. The summed E-state index contributed by atoms with van der Waals surface area (Å²) in [5.74, 6) is 1.92. The molecule has 1 atom stereocenters. The lowest BCUT2D eigenvalue weighted by atomic mass is 10.1. The highest BCUT2D eigenvalue weighted by Gasteiger charge is 2.35. The van der Waals surface area contributed by atoms with Crippen molar-refractivity contribution >= 4 is 23.4 Å². The standard InChI is InChI=1S/C25H28N4O3S/c1-4-7-16-31-18-14-12-17(13-15-18)24-29(21(30)5-2)20-11-9-8-10-19(20)22-23(32-24)26-25(28-27-22)33-6-3/h8-15,24H,4-7,16H2,1-3H3. The summed E-state index contributed by atoms with van der Waals surface area (Å²) >= 11 is 1.49. The number of thioether (sulfide) groups is 1. The van der Waals surface area contributed by atoms with E-state index in [0.29, 0.717) is 29.8 Å². The maximum absolute atomic E-state index is 13.2. The van der Waals surface area contributed by atoms with E-state index >= 15 is 0 Å². The second kappa shape index (κ2) is 10.7. The van der Waals surface area contributed by atoms with E-state index < -0.39 is 6.23 Å². The maximum atomic E-state index is 13.2. The van der Waals surface area contributed by atoms with Crippen LogP contribution in [-0.4, -0.2) is 33.4 Å². The molecule has 2 aromatic carbocycles. The summed E-state index contributed by atoms with van der Waals surface area (Å²) in [5.41, 5.74) is 2.85. The number of para-hydroxylation sites is 1. The van der Waals surface area contributed by atoms with Crippen molar-refractivity contribution < 1.29 is 14.3 Å². The summed E-state index contributed by atoms with van der Waals surface area (Å²) in [4.78, 5) is 19.5. The zero-order valence-corrected chi connectivity index (χ0v) is 20.0. The second-order valence-corrected chi connectivity index (χ2v) is 8.79. The van der Waals surface area contributed by atoms with Crippen LogP contribution in [0.5, 0.6) is 11.6 Å². The van der Waals surface area contributed by atoms with Crippen molar-refractivity contribution in [3.63, 3.8) is 0 Å². The van der Waals surface area contributed by atoms with Crippen LogP contribution < -0.4 is 14.4 Å². The topological polar surface area (TPSA) is 77.4 Å². The van der Waals surface area contributed by atoms with Gasteiger partial charge < -0.3 is 9.47 Å². The third-order valence-electron chi connectivity index (χ3n) is 5.29. The molecular weight excluding hydrogens is 436 g/mol. The predicted molar refractivity (Wildman–Crippen MR) is 130 cm³/mol. The molecule has 1 aromatic heterocycles. The zero-order valence-electron chi connectivity index (χ0n) is 19.2. The molecule has 1 aliphatic rings. The average molecular weight is 465 g/mol. The monoisotopic (exact) mass is 464 g/mol. The third-order valence-corrected chi connectivity index (χ3v) is 6.01. The molecule has 0 radical (unpaired) electrons. The molecule has 0 spiro atoms. The molecule has 0 aliphatic carbocycles. The Morgan fingerprint density at radius 3 is 2.61 bits per heavy atom. The Morgan fingerprint density at radius 2 is 1.88 bits per heavy atom. The van der Waals surface area contributed by atoms with Crippen molar-refractivity contribution in [3.05, 3.63) is 54.1 Å². The van der Waals surface area contributed by atoms with E-state index in [2.05, 4.69) is 22.1 Å². The van der Waals surface area contributed by atoms with Crippen LogP contribution in [0, 0.1) is 0 Å². The van der Waals surface area contributed by atoms with Crippen LogP contribution in [0.2, 0.25) is 0 Å². The molecule has 1 aliphatic heterocycles.